The van der Waals surface area contributed by atoms with Crippen molar-refractivity contribution in [2.75, 3.05) is 19.0 Å². The molecule has 0 spiro atoms. The average Bonchev–Trinajstić information content (AvgIpc) is 3.19. The van der Waals surface area contributed by atoms with E-state index in [1.807, 2.05) is 0 Å². The Hall–Kier alpha value is -2.82. The topological polar surface area (TPSA) is 106 Å². The van der Waals surface area contributed by atoms with Crippen LogP contribution in [0.2, 0.25) is 0 Å². The molecule has 1 aliphatic heterocycles. The van der Waals surface area contributed by atoms with E-state index in [-0.39, 0.29) is 24.0 Å². The predicted molar refractivity (Wildman–Crippen MR) is 109 cm³/mol. The van der Waals surface area contributed by atoms with Crippen molar-refractivity contribution in [3.63, 3.8) is 0 Å². The van der Waals surface area contributed by atoms with Gasteiger partial charge in [0.05, 0.1) is 17.2 Å². The average molecular weight is 435 g/mol. The summed E-state index contributed by atoms with van der Waals surface area (Å²) in [6, 6.07) is 11.3. The number of carbonyl (C=O) groups excluding carboxylic acids is 1. The third-order valence-electron chi connectivity index (χ3n) is 4.32. The largest absolute Gasteiger partial charge is 0.383 e. The van der Waals surface area contributed by atoms with E-state index in [0.29, 0.717) is 17.0 Å². The van der Waals surface area contributed by atoms with Crippen LogP contribution in [0.1, 0.15) is 18.9 Å². The normalized spacial score (nSPS) is 17.2. The SMILES string of the molecule is COCC(C)NS(=O)(=O)c1ccc(NC(=O)C2CC(c3cccc(F)c3)=NO2)cc1. The van der Waals surface area contributed by atoms with Crippen LogP contribution in [0.25, 0.3) is 0 Å². The Morgan fingerprint density at radius 3 is 2.70 bits per heavy atom. The van der Waals surface area contributed by atoms with Gasteiger partial charge in [-0.1, -0.05) is 17.3 Å². The van der Waals surface area contributed by atoms with Crippen molar-refractivity contribution in [1.29, 1.82) is 0 Å². The van der Waals surface area contributed by atoms with Crippen LogP contribution < -0.4 is 10.0 Å². The Balaban J connectivity index is 1.59. The first kappa shape index (κ1) is 21.9. The van der Waals surface area contributed by atoms with E-state index in [9.17, 15) is 17.6 Å². The minimum Gasteiger partial charge on any atom is -0.383 e. The quantitative estimate of drug-likeness (QED) is 0.662. The number of nitrogens with one attached hydrogen (secondary N) is 2. The number of carbonyl (C=O) groups is 1. The molecule has 0 saturated carbocycles. The maximum Gasteiger partial charge on any atom is 0.268 e. The predicted octanol–water partition coefficient (Wildman–Crippen LogP) is 2.27. The van der Waals surface area contributed by atoms with Crippen molar-refractivity contribution in [2.24, 2.45) is 5.16 Å². The van der Waals surface area contributed by atoms with Crippen molar-refractivity contribution >= 4 is 27.3 Å². The number of nitrogens with zero attached hydrogens (tertiary/aromatic N) is 1. The molecule has 1 aliphatic rings. The van der Waals surface area contributed by atoms with Gasteiger partial charge in [0.1, 0.15) is 5.82 Å². The maximum atomic E-state index is 13.4. The number of ether oxygens (including phenoxy) is 1. The van der Waals surface area contributed by atoms with Gasteiger partial charge in [0.15, 0.2) is 0 Å². The Labute approximate surface area is 174 Å². The summed E-state index contributed by atoms with van der Waals surface area (Å²) < 4.78 is 45.5. The molecule has 10 heteroatoms. The molecule has 2 aromatic rings. The molecule has 0 saturated heterocycles. The van der Waals surface area contributed by atoms with Crippen molar-refractivity contribution in [2.45, 2.75) is 30.4 Å². The molecular weight excluding hydrogens is 413 g/mol. The fraction of sp³-hybridized carbons (Fsp3) is 0.300. The van der Waals surface area contributed by atoms with Crippen molar-refractivity contribution in [3.8, 4) is 0 Å². The number of hydrogen-bond donors (Lipinski definition) is 2. The van der Waals surface area contributed by atoms with Crippen LogP contribution in [0.15, 0.2) is 58.6 Å². The summed E-state index contributed by atoms with van der Waals surface area (Å²) in [7, 11) is -2.21. The van der Waals surface area contributed by atoms with E-state index in [1.165, 1.54) is 43.5 Å². The second-order valence-electron chi connectivity index (χ2n) is 6.84. The number of methoxy groups -OCH3 is 1. The van der Waals surface area contributed by atoms with Crippen LogP contribution in [-0.4, -0.2) is 45.9 Å². The molecule has 0 fully saturated rings. The summed E-state index contributed by atoms with van der Waals surface area (Å²) >= 11 is 0. The van der Waals surface area contributed by atoms with Crippen LogP contribution in [0.3, 0.4) is 0 Å². The molecule has 1 heterocycles. The van der Waals surface area contributed by atoms with E-state index >= 15 is 0 Å². The van der Waals surface area contributed by atoms with Crippen LogP contribution >= 0.6 is 0 Å². The Morgan fingerprint density at radius 2 is 2.03 bits per heavy atom. The van der Waals surface area contributed by atoms with Gasteiger partial charge in [0.25, 0.3) is 5.91 Å². The molecule has 8 nitrogen and oxygen atoms in total. The lowest BCUT2D eigenvalue weighted by atomic mass is 10.0. The standard InChI is InChI=1S/C20H22FN3O5S/c1-13(12-28-2)24-30(26,27)17-8-6-16(7-9-17)22-20(25)19-11-18(23-29-19)14-4-3-5-15(21)10-14/h3-10,13,19,24H,11-12H2,1-2H3,(H,22,25). The van der Waals surface area contributed by atoms with Crippen molar-refractivity contribution in [1.82, 2.24) is 4.72 Å². The number of amides is 1. The van der Waals surface area contributed by atoms with E-state index in [0.717, 1.165) is 0 Å². The lowest BCUT2D eigenvalue weighted by Gasteiger charge is -2.14. The third-order valence-corrected chi connectivity index (χ3v) is 5.93. The summed E-state index contributed by atoms with van der Waals surface area (Å²) in [5, 5.41) is 6.53. The first-order chi connectivity index (χ1) is 14.3. The molecule has 2 unspecified atom stereocenters. The second kappa shape index (κ2) is 9.33. The monoisotopic (exact) mass is 435 g/mol. The number of benzene rings is 2. The zero-order valence-corrected chi connectivity index (χ0v) is 17.3. The second-order valence-corrected chi connectivity index (χ2v) is 8.55. The smallest absolute Gasteiger partial charge is 0.268 e. The van der Waals surface area contributed by atoms with Crippen molar-refractivity contribution < 1.29 is 27.2 Å². The zero-order chi connectivity index (χ0) is 21.7. The van der Waals surface area contributed by atoms with Gasteiger partial charge in [-0.15, -0.1) is 0 Å². The van der Waals surface area contributed by atoms with Gasteiger partial charge in [-0.2, -0.15) is 0 Å². The summed E-state index contributed by atoms with van der Waals surface area (Å²) in [6.07, 6.45) is -0.661. The van der Waals surface area contributed by atoms with Gasteiger partial charge < -0.3 is 14.9 Å². The molecule has 0 aromatic heterocycles. The number of rotatable bonds is 8. The number of hydrogen-bond acceptors (Lipinski definition) is 6. The highest BCUT2D eigenvalue weighted by Crippen LogP contribution is 2.20. The highest BCUT2D eigenvalue weighted by molar-refractivity contribution is 7.89. The molecule has 3 rings (SSSR count). The molecule has 0 aliphatic carbocycles. The van der Waals surface area contributed by atoms with Crippen LogP contribution in [0.4, 0.5) is 10.1 Å². The summed E-state index contributed by atoms with van der Waals surface area (Å²) in [5.41, 5.74) is 1.44. The molecular formula is C20H22FN3O5S. The van der Waals surface area contributed by atoms with E-state index in [4.69, 9.17) is 9.57 Å². The van der Waals surface area contributed by atoms with Crippen LogP contribution in [0, 0.1) is 5.82 Å². The number of sulfonamides is 1. The molecule has 2 N–H and O–H groups in total. The third kappa shape index (κ3) is 5.41. The van der Waals surface area contributed by atoms with Gasteiger partial charge >= 0.3 is 0 Å². The summed E-state index contributed by atoms with van der Waals surface area (Å²) in [5.74, 6) is -0.836. The summed E-state index contributed by atoms with van der Waals surface area (Å²) in [6.45, 7) is 1.94. The molecule has 30 heavy (non-hydrogen) atoms. The molecule has 2 aromatic carbocycles. The Morgan fingerprint density at radius 1 is 1.30 bits per heavy atom. The van der Waals surface area contributed by atoms with Gasteiger partial charge in [-0.3, -0.25) is 4.79 Å². The first-order valence-electron chi connectivity index (χ1n) is 9.19. The Kier molecular flexibility index (Phi) is 6.80. The van der Waals surface area contributed by atoms with Crippen LogP contribution in [0.5, 0.6) is 0 Å². The molecule has 160 valence electrons. The number of halogens is 1. The lowest BCUT2D eigenvalue weighted by Crippen LogP contribution is -2.35. The van der Waals surface area contributed by atoms with Gasteiger partial charge in [0.2, 0.25) is 16.1 Å². The van der Waals surface area contributed by atoms with Gasteiger partial charge in [0, 0.05) is 30.8 Å². The minimum atomic E-state index is -3.70. The lowest BCUT2D eigenvalue weighted by molar-refractivity contribution is -0.125. The highest BCUT2D eigenvalue weighted by atomic mass is 32.2. The van der Waals surface area contributed by atoms with E-state index in [1.54, 1.807) is 19.1 Å². The number of anilines is 1. The fourth-order valence-electron chi connectivity index (χ4n) is 2.91. The minimum absolute atomic E-state index is 0.0669. The summed E-state index contributed by atoms with van der Waals surface area (Å²) in [4.78, 5) is 17.7. The first-order valence-corrected chi connectivity index (χ1v) is 10.7. The number of oxime groups is 1. The highest BCUT2D eigenvalue weighted by Gasteiger charge is 2.29. The van der Waals surface area contributed by atoms with Gasteiger partial charge in [-0.05, 0) is 43.3 Å². The molecule has 1 amide bonds. The Bertz CT molecular complexity index is 1040. The van der Waals surface area contributed by atoms with E-state index in [2.05, 4.69) is 15.2 Å². The maximum absolute atomic E-state index is 13.4. The van der Waals surface area contributed by atoms with E-state index < -0.39 is 27.9 Å². The fourth-order valence-corrected chi connectivity index (χ4v) is 4.14. The van der Waals surface area contributed by atoms with Crippen molar-refractivity contribution in [3.05, 3.63) is 59.9 Å². The molecule has 0 radical (unpaired) electrons. The molecule has 0 bridgehead atoms. The van der Waals surface area contributed by atoms with Crippen LogP contribution in [-0.2, 0) is 24.4 Å². The molecule has 2 atom stereocenters. The zero-order valence-electron chi connectivity index (χ0n) is 16.5. The van der Waals surface area contributed by atoms with Gasteiger partial charge in [-0.25, -0.2) is 17.5 Å².